The Labute approximate surface area is 162 Å². The summed E-state index contributed by atoms with van der Waals surface area (Å²) in [6, 6.07) is 0. The average Bonchev–Trinajstić information content (AvgIpc) is 2.86. The molecule has 0 radical (unpaired) electrons. The van der Waals surface area contributed by atoms with Crippen molar-refractivity contribution >= 4 is 23.9 Å². The van der Waals surface area contributed by atoms with Gasteiger partial charge in [0.2, 0.25) is 0 Å². The van der Waals surface area contributed by atoms with Crippen molar-refractivity contribution in [1.82, 2.24) is 0 Å². The first-order chi connectivity index (χ1) is 13.0. The quantitative estimate of drug-likeness (QED) is 0.439. The Kier molecular flexibility index (Phi) is 6.11. The highest BCUT2D eigenvalue weighted by Gasteiger charge is 2.49. The predicted octanol–water partition coefficient (Wildman–Crippen LogP) is 2.09. The van der Waals surface area contributed by atoms with Gasteiger partial charge in [-0.1, -0.05) is 12.7 Å². The van der Waals surface area contributed by atoms with Gasteiger partial charge >= 0.3 is 23.9 Å². The molecule has 2 heterocycles. The summed E-state index contributed by atoms with van der Waals surface area (Å²) < 4.78 is 16.3. The van der Waals surface area contributed by atoms with Crippen molar-refractivity contribution < 1.29 is 38.5 Å². The van der Waals surface area contributed by atoms with Crippen molar-refractivity contribution in [3.05, 3.63) is 35.5 Å². The number of fused-ring (bicyclic) bond motifs is 1. The topological polar surface area (TPSA) is 116 Å². The number of carboxylic acid groups (broad SMARTS) is 1. The van der Waals surface area contributed by atoms with Gasteiger partial charge in [-0.05, 0) is 33.8 Å². The molecule has 2 rings (SSSR count). The van der Waals surface area contributed by atoms with E-state index in [1.807, 2.05) is 0 Å². The summed E-state index contributed by atoms with van der Waals surface area (Å²) in [5.74, 6) is -3.95. The maximum absolute atomic E-state index is 12.4. The van der Waals surface area contributed by atoms with E-state index in [2.05, 4.69) is 6.58 Å². The Hall–Kier alpha value is -2.90. The van der Waals surface area contributed by atoms with Crippen LogP contribution in [-0.4, -0.2) is 46.8 Å². The van der Waals surface area contributed by atoms with Crippen molar-refractivity contribution in [3.8, 4) is 0 Å². The normalized spacial score (nSPS) is 32.7. The highest BCUT2D eigenvalue weighted by molar-refractivity contribution is 5.93. The standard InChI is InChI=1S/C20H24O8/c1-6-10(2)17(23)27-14-8-20(5,9-15(21)22)28-18(24)11(3)7-13-16(14)12(4)19(25)26-13/h6-7,13-14,16H,4,8-9H2,1-3,5H3,(H,21,22)/b10-6+,11-7-/t13-,14-,16+,20-/m1/s1. The number of allylic oxidation sites excluding steroid dienone is 1. The lowest BCUT2D eigenvalue weighted by Gasteiger charge is -2.33. The SMILES string of the molecule is C=C1C(=O)O[C@@H]2/C=C(/C)C(=O)O[C@@](C)(CC(=O)O)C[C@@H](OC(=O)/C(C)=C/C)[C@@H]12. The number of cyclic esters (lactones) is 1. The molecule has 0 aromatic rings. The number of aliphatic carboxylic acids is 1. The van der Waals surface area contributed by atoms with Crippen LogP contribution in [0.4, 0.5) is 0 Å². The third-order valence-corrected chi connectivity index (χ3v) is 4.91. The summed E-state index contributed by atoms with van der Waals surface area (Å²) >= 11 is 0. The third kappa shape index (κ3) is 4.49. The molecule has 0 aromatic carbocycles. The minimum Gasteiger partial charge on any atom is -0.481 e. The largest absolute Gasteiger partial charge is 0.481 e. The van der Waals surface area contributed by atoms with Crippen LogP contribution in [-0.2, 0) is 33.4 Å². The third-order valence-electron chi connectivity index (χ3n) is 4.91. The molecular weight excluding hydrogens is 368 g/mol. The van der Waals surface area contributed by atoms with E-state index in [9.17, 15) is 24.3 Å². The van der Waals surface area contributed by atoms with Crippen LogP contribution < -0.4 is 0 Å². The highest BCUT2D eigenvalue weighted by atomic mass is 16.6. The van der Waals surface area contributed by atoms with Gasteiger partial charge in [0.1, 0.15) is 17.8 Å². The molecule has 8 heteroatoms. The van der Waals surface area contributed by atoms with Gasteiger partial charge in [-0.15, -0.1) is 0 Å². The van der Waals surface area contributed by atoms with Gasteiger partial charge in [0.15, 0.2) is 0 Å². The molecule has 0 amide bonds. The zero-order valence-corrected chi connectivity index (χ0v) is 16.3. The summed E-state index contributed by atoms with van der Waals surface area (Å²) in [6.45, 7) is 9.92. The second-order valence-electron chi connectivity index (χ2n) is 7.30. The Morgan fingerprint density at radius 2 is 2.04 bits per heavy atom. The average molecular weight is 392 g/mol. The van der Waals surface area contributed by atoms with Crippen LogP contribution in [0.15, 0.2) is 35.5 Å². The molecule has 0 aliphatic carbocycles. The predicted molar refractivity (Wildman–Crippen MR) is 96.9 cm³/mol. The fourth-order valence-corrected chi connectivity index (χ4v) is 3.28. The maximum Gasteiger partial charge on any atom is 0.334 e. The minimum atomic E-state index is -1.46. The van der Waals surface area contributed by atoms with E-state index < -0.39 is 54.0 Å². The molecular formula is C20H24O8. The van der Waals surface area contributed by atoms with Crippen LogP contribution in [0.25, 0.3) is 0 Å². The molecule has 1 N–H and O–H groups in total. The van der Waals surface area contributed by atoms with Crippen molar-refractivity contribution in [2.24, 2.45) is 5.92 Å². The lowest BCUT2D eigenvalue weighted by atomic mass is 9.83. The smallest absolute Gasteiger partial charge is 0.334 e. The molecule has 28 heavy (non-hydrogen) atoms. The summed E-state index contributed by atoms with van der Waals surface area (Å²) in [7, 11) is 0. The molecule has 0 aromatic heterocycles. The van der Waals surface area contributed by atoms with Crippen LogP contribution in [0.1, 0.15) is 40.5 Å². The van der Waals surface area contributed by atoms with Gasteiger partial charge in [-0.3, -0.25) is 4.79 Å². The number of hydrogen-bond acceptors (Lipinski definition) is 7. The van der Waals surface area contributed by atoms with E-state index in [0.717, 1.165) is 0 Å². The first-order valence-electron chi connectivity index (χ1n) is 8.84. The number of carbonyl (C=O) groups is 4. The summed E-state index contributed by atoms with van der Waals surface area (Å²) in [5, 5.41) is 9.27. The van der Waals surface area contributed by atoms with E-state index >= 15 is 0 Å². The number of carboxylic acids is 1. The zero-order valence-electron chi connectivity index (χ0n) is 16.3. The maximum atomic E-state index is 12.4. The van der Waals surface area contributed by atoms with Crippen molar-refractivity contribution in [1.29, 1.82) is 0 Å². The number of esters is 3. The molecule has 8 nitrogen and oxygen atoms in total. The summed E-state index contributed by atoms with van der Waals surface area (Å²) in [5.41, 5.74) is -0.869. The molecule has 1 saturated heterocycles. The first kappa shape index (κ1) is 21.4. The molecule has 4 atom stereocenters. The summed E-state index contributed by atoms with van der Waals surface area (Å²) in [4.78, 5) is 48.2. The molecule has 0 spiro atoms. The molecule has 0 bridgehead atoms. The van der Waals surface area contributed by atoms with Crippen LogP contribution in [0, 0.1) is 5.92 Å². The number of ether oxygens (including phenoxy) is 3. The van der Waals surface area contributed by atoms with Crippen molar-refractivity contribution in [3.63, 3.8) is 0 Å². The van der Waals surface area contributed by atoms with E-state index in [1.165, 1.54) is 19.9 Å². The van der Waals surface area contributed by atoms with Crippen LogP contribution in [0.2, 0.25) is 0 Å². The second kappa shape index (κ2) is 8.00. The van der Waals surface area contributed by atoms with Crippen molar-refractivity contribution in [2.75, 3.05) is 0 Å². The first-order valence-corrected chi connectivity index (χ1v) is 8.84. The number of rotatable bonds is 4. The van der Waals surface area contributed by atoms with Crippen molar-refractivity contribution in [2.45, 2.75) is 58.3 Å². The number of hydrogen-bond donors (Lipinski definition) is 1. The van der Waals surface area contributed by atoms with E-state index in [1.54, 1.807) is 19.9 Å². The molecule has 0 unspecified atom stereocenters. The lowest BCUT2D eigenvalue weighted by Crippen LogP contribution is -2.42. The van der Waals surface area contributed by atoms with E-state index in [0.29, 0.717) is 5.57 Å². The Morgan fingerprint density at radius 3 is 2.61 bits per heavy atom. The van der Waals surface area contributed by atoms with Gasteiger partial charge in [0.05, 0.1) is 12.3 Å². The fraction of sp³-hybridized carbons (Fsp3) is 0.500. The van der Waals surface area contributed by atoms with Crippen LogP contribution in [0.3, 0.4) is 0 Å². The molecule has 0 saturated carbocycles. The Balaban J connectivity index is 2.53. The molecule has 2 aliphatic heterocycles. The van der Waals surface area contributed by atoms with Crippen LogP contribution in [0.5, 0.6) is 0 Å². The monoisotopic (exact) mass is 392 g/mol. The molecule has 2 aliphatic rings. The summed E-state index contributed by atoms with van der Waals surface area (Å²) in [6.07, 6.45) is 0.501. The van der Waals surface area contributed by atoms with Crippen LogP contribution >= 0.6 is 0 Å². The van der Waals surface area contributed by atoms with Gasteiger partial charge in [-0.2, -0.15) is 0 Å². The zero-order chi connectivity index (χ0) is 21.2. The van der Waals surface area contributed by atoms with Gasteiger partial charge in [0.25, 0.3) is 0 Å². The highest BCUT2D eigenvalue weighted by Crippen LogP contribution is 2.39. The fourth-order valence-electron chi connectivity index (χ4n) is 3.28. The van der Waals surface area contributed by atoms with E-state index in [4.69, 9.17) is 14.2 Å². The minimum absolute atomic E-state index is 0.0944. The van der Waals surface area contributed by atoms with Gasteiger partial charge in [0, 0.05) is 23.1 Å². The molecule has 152 valence electrons. The van der Waals surface area contributed by atoms with Gasteiger partial charge < -0.3 is 19.3 Å². The Morgan fingerprint density at radius 1 is 1.39 bits per heavy atom. The number of carbonyl (C=O) groups excluding carboxylic acids is 3. The molecule has 1 fully saturated rings. The Bertz CT molecular complexity index is 790. The second-order valence-corrected chi connectivity index (χ2v) is 7.30. The van der Waals surface area contributed by atoms with Gasteiger partial charge in [-0.25, -0.2) is 14.4 Å². The lowest BCUT2D eigenvalue weighted by molar-refractivity contribution is -0.166. The van der Waals surface area contributed by atoms with E-state index in [-0.39, 0.29) is 17.6 Å².